The summed E-state index contributed by atoms with van der Waals surface area (Å²) in [6.07, 6.45) is 102. The summed E-state index contributed by atoms with van der Waals surface area (Å²) in [7, 11) is 1.47. The molecule has 0 aliphatic rings. The number of likely N-dealkylation sites (N-methyl/N-ethyl adjacent to an activating group) is 1. The summed E-state index contributed by atoms with van der Waals surface area (Å²) in [5.74, 6) is -0.799. The highest BCUT2D eigenvalue weighted by Gasteiger charge is 2.27. The molecule has 93 heavy (non-hydrogen) atoms. The molecule has 1 N–H and O–H groups in total. The molecule has 0 radical (unpaired) electrons. The molecule has 9 nitrogen and oxygen atoms in total. The second-order valence-corrected chi connectivity index (χ2v) is 29.5. The van der Waals surface area contributed by atoms with Crippen LogP contribution in [0.4, 0.5) is 0 Å². The normalized spacial score (nSPS) is 13.5. The first-order valence-electron chi connectivity index (χ1n) is 39.8. The minimum atomic E-state index is -4.40. The number of quaternary nitrogens is 1. The van der Waals surface area contributed by atoms with Gasteiger partial charge in [0.25, 0.3) is 0 Å². The van der Waals surface area contributed by atoms with Gasteiger partial charge in [-0.2, -0.15) is 0 Å². The number of allylic oxidation sites excluding steroid dienone is 14. The molecule has 0 bridgehead atoms. The van der Waals surface area contributed by atoms with E-state index in [1.54, 1.807) is 0 Å². The van der Waals surface area contributed by atoms with Crippen LogP contribution in [0.15, 0.2) is 85.1 Å². The molecule has 0 saturated heterocycles. The van der Waals surface area contributed by atoms with Crippen molar-refractivity contribution in [2.45, 2.75) is 386 Å². The van der Waals surface area contributed by atoms with Crippen molar-refractivity contribution in [3.63, 3.8) is 0 Å². The van der Waals surface area contributed by atoms with Gasteiger partial charge in [-0.05, 0) is 70.6 Å². The minimum absolute atomic E-state index is 0.0271. The van der Waals surface area contributed by atoms with Gasteiger partial charge in [0, 0.05) is 12.8 Å². The fourth-order valence-electron chi connectivity index (χ4n) is 11.6. The first-order chi connectivity index (χ1) is 45.5. The van der Waals surface area contributed by atoms with E-state index in [0.717, 1.165) is 89.9 Å². The van der Waals surface area contributed by atoms with Gasteiger partial charge in [0.15, 0.2) is 6.10 Å². The Bertz CT molecular complexity index is 1850. The van der Waals surface area contributed by atoms with E-state index >= 15 is 0 Å². The van der Waals surface area contributed by atoms with E-state index in [1.165, 1.54) is 257 Å². The highest BCUT2D eigenvalue weighted by Crippen LogP contribution is 2.43. The van der Waals surface area contributed by atoms with E-state index < -0.39 is 26.5 Å². The third kappa shape index (κ3) is 78.1. The summed E-state index contributed by atoms with van der Waals surface area (Å²) in [5, 5.41) is 0. The maximum atomic E-state index is 12.9. The number of hydrogen-bond acceptors (Lipinski definition) is 7. The van der Waals surface area contributed by atoms with Crippen LogP contribution in [0.2, 0.25) is 0 Å². The zero-order chi connectivity index (χ0) is 67.6. The zero-order valence-corrected chi connectivity index (χ0v) is 62.9. The Morgan fingerprint density at radius 3 is 0.914 bits per heavy atom. The lowest BCUT2D eigenvalue weighted by molar-refractivity contribution is -0.870. The molecule has 0 aliphatic heterocycles. The lowest BCUT2D eigenvalue weighted by Crippen LogP contribution is -2.37. The smallest absolute Gasteiger partial charge is 0.462 e. The molecule has 2 unspecified atom stereocenters. The van der Waals surface area contributed by atoms with Crippen LogP contribution >= 0.6 is 7.82 Å². The number of carbonyl (C=O) groups excluding carboxylic acids is 2. The van der Waals surface area contributed by atoms with E-state index in [0.29, 0.717) is 17.4 Å². The molecule has 0 aromatic rings. The van der Waals surface area contributed by atoms with Crippen molar-refractivity contribution in [1.29, 1.82) is 0 Å². The van der Waals surface area contributed by atoms with Gasteiger partial charge < -0.3 is 18.9 Å². The highest BCUT2D eigenvalue weighted by molar-refractivity contribution is 7.47. The molecule has 542 valence electrons. The Kier molecular flexibility index (Phi) is 71.2. The quantitative estimate of drug-likeness (QED) is 0.0211. The summed E-state index contributed by atoms with van der Waals surface area (Å²) in [4.78, 5) is 36.0. The fraction of sp³-hybridized carbons (Fsp3) is 0.807. The number of nitrogens with zero attached hydrogens (tertiary/aromatic N) is 1. The van der Waals surface area contributed by atoms with E-state index in [2.05, 4.69) is 98.9 Å². The number of hydrogen-bond donors (Lipinski definition) is 1. The number of phosphoric ester groups is 1. The molecule has 2 atom stereocenters. The summed E-state index contributed by atoms with van der Waals surface area (Å²) in [5.41, 5.74) is 0. The summed E-state index contributed by atoms with van der Waals surface area (Å²) in [6.45, 7) is 4.36. The molecule has 0 heterocycles. The molecule has 10 heteroatoms. The lowest BCUT2D eigenvalue weighted by Gasteiger charge is -2.24. The van der Waals surface area contributed by atoms with Crippen LogP contribution < -0.4 is 0 Å². The maximum Gasteiger partial charge on any atom is 0.472 e. The largest absolute Gasteiger partial charge is 0.472 e. The molecule has 0 spiro atoms. The van der Waals surface area contributed by atoms with Crippen molar-refractivity contribution in [2.24, 2.45) is 0 Å². The van der Waals surface area contributed by atoms with Gasteiger partial charge in [0.1, 0.15) is 19.8 Å². The second kappa shape index (κ2) is 73.4. The fourth-order valence-corrected chi connectivity index (χ4v) is 12.4. The Morgan fingerprint density at radius 2 is 0.613 bits per heavy atom. The topological polar surface area (TPSA) is 108 Å². The van der Waals surface area contributed by atoms with Crippen molar-refractivity contribution in [1.82, 2.24) is 0 Å². The van der Waals surface area contributed by atoms with Crippen molar-refractivity contribution in [3.8, 4) is 0 Å². The summed E-state index contributed by atoms with van der Waals surface area (Å²) in [6, 6.07) is 0. The molecular formula is C83H153NO8P+. The van der Waals surface area contributed by atoms with Crippen molar-refractivity contribution in [3.05, 3.63) is 85.1 Å². The van der Waals surface area contributed by atoms with Crippen LogP contribution in [0.25, 0.3) is 0 Å². The SMILES string of the molecule is CC/C=C\C/C=C\C/C=C\C/C=C\C/C=C\C/C=C\C/C=C\CCCCCCCCCC(=O)OC(COC(=O)CCCCCCCCCCCCCCCCCCCCCCCCCCCCCCCCCCCCCCCCCC)COP(=O)(O)OCC[N+](C)(C)C. The molecular weight excluding hydrogens is 1170 g/mol. The number of ether oxygens (including phenoxy) is 2. The van der Waals surface area contributed by atoms with Crippen LogP contribution in [-0.4, -0.2) is 74.9 Å². The molecule has 0 saturated carbocycles. The lowest BCUT2D eigenvalue weighted by atomic mass is 10.0. The molecule has 0 aromatic heterocycles. The number of phosphoric acid groups is 1. The van der Waals surface area contributed by atoms with Gasteiger partial charge >= 0.3 is 19.8 Å². The molecule has 0 aromatic carbocycles. The van der Waals surface area contributed by atoms with E-state index in [-0.39, 0.29) is 32.0 Å². The Balaban J connectivity index is 3.94. The van der Waals surface area contributed by atoms with Crippen LogP contribution in [-0.2, 0) is 32.7 Å². The van der Waals surface area contributed by atoms with E-state index in [4.69, 9.17) is 18.5 Å². The number of unbranched alkanes of at least 4 members (excludes halogenated alkanes) is 46. The standard InChI is InChI=1S/C83H152NO8P/c1-6-8-10-12-14-16-18-20-22-24-26-28-30-32-34-36-37-38-39-40-41-42-43-44-45-46-48-49-51-53-55-57-59-61-63-65-67-69-71-73-75-82(85)89-79-81(80-91-93(87,88)90-78-77-84(3,4)5)92-83(86)76-74-72-70-68-66-64-62-60-58-56-54-52-50-47-35-33-31-29-27-25-23-21-19-17-15-13-11-9-7-2/h9,11,15,17,21,23,27,29,33,35,50,52,56,58,81H,6-8,10,12-14,16,18-20,22,24-26,28,30-32,34,36-49,51,53-55,57,59-80H2,1-5H3/p+1/b11-9-,17-15-,23-21-,29-27-,35-33-,52-50-,58-56-. The van der Waals surface area contributed by atoms with Gasteiger partial charge in [-0.15, -0.1) is 0 Å². The first-order valence-corrected chi connectivity index (χ1v) is 41.3. The van der Waals surface area contributed by atoms with Crippen LogP contribution in [0.3, 0.4) is 0 Å². The van der Waals surface area contributed by atoms with Crippen molar-refractivity contribution in [2.75, 3.05) is 47.5 Å². The third-order valence-electron chi connectivity index (χ3n) is 17.7. The Morgan fingerprint density at radius 1 is 0.344 bits per heavy atom. The van der Waals surface area contributed by atoms with Gasteiger partial charge in [-0.3, -0.25) is 18.6 Å². The van der Waals surface area contributed by atoms with Crippen LogP contribution in [0, 0.1) is 0 Å². The number of rotatable bonds is 74. The number of esters is 2. The predicted octanol–water partition coefficient (Wildman–Crippen LogP) is 26.5. The van der Waals surface area contributed by atoms with E-state index in [9.17, 15) is 19.0 Å². The zero-order valence-electron chi connectivity index (χ0n) is 62.0. The minimum Gasteiger partial charge on any atom is -0.462 e. The van der Waals surface area contributed by atoms with Crippen molar-refractivity contribution < 1.29 is 42.1 Å². The molecule has 0 fully saturated rings. The first kappa shape index (κ1) is 90.2. The second-order valence-electron chi connectivity index (χ2n) is 28.1. The number of carbonyl (C=O) groups is 2. The highest BCUT2D eigenvalue weighted by atomic mass is 31.2. The van der Waals surface area contributed by atoms with Gasteiger partial charge in [0.2, 0.25) is 0 Å². The van der Waals surface area contributed by atoms with Gasteiger partial charge in [-0.1, -0.05) is 381 Å². The molecule has 0 aliphatic carbocycles. The van der Waals surface area contributed by atoms with Crippen LogP contribution in [0.1, 0.15) is 380 Å². The summed E-state index contributed by atoms with van der Waals surface area (Å²) < 4.78 is 34.8. The van der Waals surface area contributed by atoms with Gasteiger partial charge in [0.05, 0.1) is 27.7 Å². The van der Waals surface area contributed by atoms with Crippen molar-refractivity contribution >= 4 is 19.8 Å². The third-order valence-corrected chi connectivity index (χ3v) is 18.7. The monoisotopic (exact) mass is 1320 g/mol. The van der Waals surface area contributed by atoms with Gasteiger partial charge in [-0.25, -0.2) is 4.57 Å². The van der Waals surface area contributed by atoms with Crippen LogP contribution in [0.5, 0.6) is 0 Å². The summed E-state index contributed by atoms with van der Waals surface area (Å²) >= 11 is 0. The Labute approximate surface area is 577 Å². The Hall–Kier alpha value is -2.81. The maximum absolute atomic E-state index is 12.9. The molecule has 0 rings (SSSR count). The average Bonchev–Trinajstić information content (AvgIpc) is 2.61. The predicted molar refractivity (Wildman–Crippen MR) is 404 cm³/mol. The molecule has 0 amide bonds. The van der Waals surface area contributed by atoms with E-state index in [1.807, 2.05) is 21.1 Å². The average molecular weight is 1320 g/mol.